The van der Waals surface area contributed by atoms with Crippen LogP contribution in [0.1, 0.15) is 57.7 Å². The van der Waals surface area contributed by atoms with E-state index in [1.807, 2.05) is 42.5 Å². The van der Waals surface area contributed by atoms with Gasteiger partial charge in [0.2, 0.25) is 17.3 Å². The number of benzene rings is 2. The summed E-state index contributed by atoms with van der Waals surface area (Å²) in [6.45, 7) is 5.04. The fraction of sp³-hybridized carbons (Fsp3) is 0.400. The minimum Gasteiger partial charge on any atom is -0.493 e. The molecule has 0 fully saturated rings. The number of anilines is 1. The largest absolute Gasteiger partial charge is 0.493 e. The predicted octanol–water partition coefficient (Wildman–Crippen LogP) is 7.27. The van der Waals surface area contributed by atoms with E-state index in [1.54, 1.807) is 11.8 Å². The monoisotopic (exact) mass is 528 g/mol. The first-order chi connectivity index (χ1) is 16.2. The molecule has 1 N–H and O–H groups in total. The number of fused-ring (bicyclic) bond motifs is 3. The minimum absolute atomic E-state index is 0.471. The lowest BCUT2D eigenvalue weighted by Gasteiger charge is -2.22. The van der Waals surface area contributed by atoms with E-state index >= 15 is 0 Å². The topological polar surface area (TPSA) is 69.2 Å². The van der Waals surface area contributed by atoms with Crippen molar-refractivity contribution in [2.45, 2.75) is 57.3 Å². The summed E-state index contributed by atoms with van der Waals surface area (Å²) in [6.07, 6.45) is 5.10. The van der Waals surface area contributed by atoms with E-state index in [9.17, 15) is 0 Å². The van der Waals surface area contributed by atoms with E-state index in [0.29, 0.717) is 23.3 Å². The maximum atomic E-state index is 6.45. The fourth-order valence-electron chi connectivity index (χ4n) is 3.54. The molecule has 1 unspecified atom stereocenters. The number of unbranched alkanes of at least 4 members (excludes halogenated alkanes) is 3. The third-order valence-corrected chi connectivity index (χ3v) is 6.74. The Morgan fingerprint density at radius 2 is 1.91 bits per heavy atom. The number of nitrogens with one attached hydrogen (secondary N) is 1. The van der Waals surface area contributed by atoms with Crippen LogP contribution in [0.15, 0.2) is 52.1 Å². The van der Waals surface area contributed by atoms with Gasteiger partial charge < -0.3 is 14.8 Å². The van der Waals surface area contributed by atoms with Crippen LogP contribution in [-0.2, 0) is 0 Å². The smallest absolute Gasteiger partial charge is 0.247 e. The highest BCUT2D eigenvalue weighted by Gasteiger charge is 2.28. The summed E-state index contributed by atoms with van der Waals surface area (Å²) in [5, 5.41) is 13.0. The Morgan fingerprint density at radius 3 is 2.76 bits per heavy atom. The molecule has 0 saturated carbocycles. The maximum Gasteiger partial charge on any atom is 0.247 e. The Labute approximate surface area is 208 Å². The van der Waals surface area contributed by atoms with Crippen LogP contribution in [0.2, 0.25) is 0 Å². The second-order valence-electron chi connectivity index (χ2n) is 7.88. The molecule has 0 spiro atoms. The normalized spacial score (nSPS) is 14.5. The average Bonchev–Trinajstić information content (AvgIpc) is 2.98. The van der Waals surface area contributed by atoms with Crippen LogP contribution < -0.4 is 14.8 Å². The molecule has 6 nitrogen and oxygen atoms in total. The van der Waals surface area contributed by atoms with E-state index in [-0.39, 0.29) is 0 Å². The highest BCUT2D eigenvalue weighted by Crippen LogP contribution is 2.42. The summed E-state index contributed by atoms with van der Waals surface area (Å²) in [7, 11) is 0. The molecular weight excluding hydrogens is 500 g/mol. The van der Waals surface area contributed by atoms with E-state index in [4.69, 9.17) is 14.5 Å². The molecule has 1 atom stereocenters. The highest BCUT2D eigenvalue weighted by molar-refractivity contribution is 9.10. The predicted molar refractivity (Wildman–Crippen MR) is 137 cm³/mol. The second-order valence-corrected chi connectivity index (χ2v) is 9.85. The highest BCUT2D eigenvalue weighted by atomic mass is 79.9. The van der Waals surface area contributed by atoms with Gasteiger partial charge in [-0.1, -0.05) is 72.9 Å². The summed E-state index contributed by atoms with van der Waals surface area (Å²) in [6, 6.07) is 14.0. The van der Waals surface area contributed by atoms with Crippen molar-refractivity contribution >= 4 is 33.4 Å². The zero-order chi connectivity index (χ0) is 23.0. The van der Waals surface area contributed by atoms with Crippen molar-refractivity contribution in [2.75, 3.05) is 17.7 Å². The average molecular weight is 530 g/mol. The van der Waals surface area contributed by atoms with Gasteiger partial charge in [-0.3, -0.25) is 0 Å². The van der Waals surface area contributed by atoms with Crippen LogP contribution >= 0.6 is 27.7 Å². The van der Waals surface area contributed by atoms with Gasteiger partial charge in [0.15, 0.2) is 5.69 Å². The van der Waals surface area contributed by atoms with Crippen LogP contribution in [0, 0.1) is 0 Å². The lowest BCUT2D eigenvalue weighted by atomic mass is 10.1. The van der Waals surface area contributed by atoms with E-state index in [0.717, 1.165) is 64.9 Å². The van der Waals surface area contributed by atoms with Gasteiger partial charge in [-0.05, 0) is 43.2 Å². The Kier molecular flexibility index (Phi) is 8.45. The van der Waals surface area contributed by atoms with E-state index in [1.165, 1.54) is 0 Å². The van der Waals surface area contributed by atoms with Gasteiger partial charge in [0, 0.05) is 21.5 Å². The standard InChI is InChI=1S/C25H29BrN4O2S/c1-3-5-9-14-31-21-11-8-7-10-18(21)23-27-20-13-12-17(26)16-19(20)22-24(32-23)28-25(30-29-22)33-15-6-4-2/h7-8,10-13,16,23,27H,3-6,9,14-15H2,1-2H3. The van der Waals surface area contributed by atoms with Crippen LogP contribution in [0.3, 0.4) is 0 Å². The Bertz CT molecular complexity index is 1080. The maximum absolute atomic E-state index is 6.45. The molecule has 1 aliphatic heterocycles. The summed E-state index contributed by atoms with van der Waals surface area (Å²) in [4.78, 5) is 4.74. The third-order valence-electron chi connectivity index (χ3n) is 5.32. The number of para-hydroxylation sites is 1. The fourth-order valence-corrected chi connectivity index (χ4v) is 4.77. The molecule has 2 aromatic carbocycles. The lowest BCUT2D eigenvalue weighted by Crippen LogP contribution is -2.18. The number of thioether (sulfide) groups is 1. The molecule has 0 radical (unpaired) electrons. The lowest BCUT2D eigenvalue weighted by molar-refractivity contribution is 0.215. The number of hydrogen-bond acceptors (Lipinski definition) is 7. The number of aromatic nitrogens is 3. The molecule has 0 saturated heterocycles. The minimum atomic E-state index is -0.473. The van der Waals surface area contributed by atoms with E-state index in [2.05, 4.69) is 45.3 Å². The van der Waals surface area contributed by atoms with E-state index < -0.39 is 6.23 Å². The number of nitrogens with zero attached hydrogens (tertiary/aromatic N) is 3. The molecule has 4 rings (SSSR count). The third kappa shape index (κ3) is 5.98. The van der Waals surface area contributed by atoms with Gasteiger partial charge in [0.1, 0.15) is 5.75 Å². The Balaban J connectivity index is 1.69. The van der Waals surface area contributed by atoms with Crippen molar-refractivity contribution < 1.29 is 9.47 Å². The van der Waals surface area contributed by atoms with Crippen molar-refractivity contribution in [1.82, 2.24) is 15.2 Å². The van der Waals surface area contributed by atoms with Crippen LogP contribution in [-0.4, -0.2) is 27.5 Å². The Hall–Kier alpha value is -2.32. The molecule has 0 aliphatic carbocycles. The van der Waals surface area contributed by atoms with Gasteiger partial charge in [0.25, 0.3) is 0 Å². The zero-order valence-corrected chi connectivity index (χ0v) is 21.4. The summed E-state index contributed by atoms with van der Waals surface area (Å²) < 4.78 is 13.5. The second kappa shape index (κ2) is 11.7. The van der Waals surface area contributed by atoms with Gasteiger partial charge in [-0.25, -0.2) is 0 Å². The summed E-state index contributed by atoms with van der Waals surface area (Å²) in [5.74, 6) is 2.24. The molecule has 1 aromatic heterocycles. The van der Waals surface area contributed by atoms with Crippen molar-refractivity contribution in [3.05, 3.63) is 52.5 Å². The van der Waals surface area contributed by atoms with Crippen molar-refractivity contribution in [3.8, 4) is 22.9 Å². The van der Waals surface area contributed by atoms with Crippen molar-refractivity contribution in [2.24, 2.45) is 0 Å². The van der Waals surface area contributed by atoms with Crippen LogP contribution in [0.25, 0.3) is 11.3 Å². The molecule has 33 heavy (non-hydrogen) atoms. The van der Waals surface area contributed by atoms with Crippen LogP contribution in [0.4, 0.5) is 5.69 Å². The number of halogens is 1. The van der Waals surface area contributed by atoms with Crippen molar-refractivity contribution in [3.63, 3.8) is 0 Å². The molecule has 1 aliphatic rings. The molecule has 2 heterocycles. The van der Waals surface area contributed by atoms with Gasteiger partial charge in [-0.2, -0.15) is 4.98 Å². The first-order valence-electron chi connectivity index (χ1n) is 11.5. The zero-order valence-electron chi connectivity index (χ0n) is 19.0. The number of ether oxygens (including phenoxy) is 2. The summed E-state index contributed by atoms with van der Waals surface area (Å²) >= 11 is 5.18. The van der Waals surface area contributed by atoms with Gasteiger partial charge in [0.05, 0.1) is 12.2 Å². The molecule has 0 bridgehead atoms. The molecular formula is C25H29BrN4O2S. The first kappa shape index (κ1) is 23.8. The first-order valence-corrected chi connectivity index (χ1v) is 13.3. The molecule has 0 amide bonds. The van der Waals surface area contributed by atoms with Gasteiger partial charge >= 0.3 is 0 Å². The Morgan fingerprint density at radius 1 is 1.06 bits per heavy atom. The quantitative estimate of drug-likeness (QED) is 0.219. The SMILES string of the molecule is CCCCCOc1ccccc1C1Nc2ccc(Br)cc2-c2nnc(SCCCC)nc2O1. The van der Waals surface area contributed by atoms with Gasteiger partial charge in [-0.15, -0.1) is 10.2 Å². The molecule has 3 aromatic rings. The molecule has 174 valence electrons. The van der Waals surface area contributed by atoms with Crippen molar-refractivity contribution in [1.29, 1.82) is 0 Å². The molecule has 8 heteroatoms. The van der Waals surface area contributed by atoms with Crippen LogP contribution in [0.5, 0.6) is 11.6 Å². The number of hydrogen-bond donors (Lipinski definition) is 1. The summed E-state index contributed by atoms with van der Waals surface area (Å²) in [5.41, 5.74) is 3.36. The number of rotatable bonds is 10.